The molecule has 1 aliphatic rings. The Hall–Kier alpha value is -2.62. The average Bonchev–Trinajstić information content (AvgIpc) is 2.89. The van der Waals surface area contributed by atoms with Gasteiger partial charge in [0.1, 0.15) is 6.04 Å². The number of aryl methyl sites for hydroxylation is 1. The van der Waals surface area contributed by atoms with Crippen molar-refractivity contribution in [2.24, 2.45) is 5.92 Å². The maximum Gasteiger partial charge on any atom is 0.255 e. The zero-order valence-corrected chi connectivity index (χ0v) is 15.2. The third kappa shape index (κ3) is 3.16. The second-order valence-corrected chi connectivity index (χ2v) is 7.02. The van der Waals surface area contributed by atoms with Crippen LogP contribution in [0.25, 0.3) is 0 Å². The van der Waals surface area contributed by atoms with Crippen LogP contribution in [-0.2, 0) is 11.3 Å². The molecule has 3 rings (SSSR count). The lowest BCUT2D eigenvalue weighted by Crippen LogP contribution is -2.47. The van der Waals surface area contributed by atoms with Crippen LogP contribution < -0.4 is 5.32 Å². The van der Waals surface area contributed by atoms with E-state index in [1.807, 2.05) is 70.2 Å². The van der Waals surface area contributed by atoms with Gasteiger partial charge in [0.25, 0.3) is 5.91 Å². The monoisotopic (exact) mass is 336 g/mol. The number of nitrogens with zero attached hydrogens (tertiary/aromatic N) is 1. The van der Waals surface area contributed by atoms with Crippen molar-refractivity contribution in [3.8, 4) is 0 Å². The normalized spacial score (nSPS) is 14.6. The fourth-order valence-electron chi connectivity index (χ4n) is 3.40. The minimum Gasteiger partial charge on any atom is -0.324 e. The second-order valence-electron chi connectivity index (χ2n) is 7.02. The Morgan fingerprint density at radius 3 is 2.48 bits per heavy atom. The smallest absolute Gasteiger partial charge is 0.255 e. The summed E-state index contributed by atoms with van der Waals surface area (Å²) in [7, 11) is 0. The third-order valence-corrected chi connectivity index (χ3v) is 4.95. The number of carbonyl (C=O) groups excluding carboxylic acids is 2. The van der Waals surface area contributed by atoms with Crippen LogP contribution in [0.3, 0.4) is 0 Å². The van der Waals surface area contributed by atoms with Crippen LogP contribution in [0, 0.1) is 19.8 Å². The Balaban J connectivity index is 1.86. The largest absolute Gasteiger partial charge is 0.324 e. The lowest BCUT2D eigenvalue weighted by Gasteiger charge is -2.30. The van der Waals surface area contributed by atoms with Crippen molar-refractivity contribution in [1.29, 1.82) is 0 Å². The molecule has 2 aromatic rings. The molecule has 2 amide bonds. The van der Waals surface area contributed by atoms with Crippen molar-refractivity contribution >= 4 is 17.5 Å². The molecule has 4 heteroatoms. The molecule has 0 saturated heterocycles. The highest BCUT2D eigenvalue weighted by atomic mass is 16.2. The minimum absolute atomic E-state index is 0.0170. The molecule has 1 atom stereocenters. The Morgan fingerprint density at radius 2 is 1.80 bits per heavy atom. The van der Waals surface area contributed by atoms with Crippen LogP contribution in [0.5, 0.6) is 0 Å². The SMILES string of the molecule is Cc1cccc(NC(=O)[C@H](C(C)C)N2Cc3ccccc3C2=O)c1C. The van der Waals surface area contributed by atoms with E-state index in [0.29, 0.717) is 12.1 Å². The lowest BCUT2D eigenvalue weighted by atomic mass is 10.0. The number of fused-ring (bicyclic) bond motifs is 1. The van der Waals surface area contributed by atoms with E-state index in [9.17, 15) is 9.59 Å². The van der Waals surface area contributed by atoms with Gasteiger partial charge in [-0.05, 0) is 48.6 Å². The second kappa shape index (κ2) is 6.71. The van der Waals surface area contributed by atoms with E-state index in [4.69, 9.17) is 0 Å². The van der Waals surface area contributed by atoms with E-state index in [0.717, 1.165) is 22.4 Å². The van der Waals surface area contributed by atoms with Crippen molar-refractivity contribution < 1.29 is 9.59 Å². The summed E-state index contributed by atoms with van der Waals surface area (Å²) >= 11 is 0. The van der Waals surface area contributed by atoms with Crippen molar-refractivity contribution in [2.45, 2.75) is 40.3 Å². The average molecular weight is 336 g/mol. The van der Waals surface area contributed by atoms with Crippen LogP contribution in [0.2, 0.25) is 0 Å². The van der Waals surface area contributed by atoms with E-state index in [1.54, 1.807) is 4.90 Å². The number of hydrogen-bond acceptors (Lipinski definition) is 2. The minimum atomic E-state index is -0.500. The zero-order valence-electron chi connectivity index (χ0n) is 15.2. The first-order valence-electron chi connectivity index (χ1n) is 8.66. The van der Waals surface area contributed by atoms with Gasteiger partial charge in [-0.3, -0.25) is 9.59 Å². The summed E-state index contributed by atoms with van der Waals surface area (Å²) in [5.74, 6) is -0.182. The molecule has 130 valence electrons. The van der Waals surface area contributed by atoms with Gasteiger partial charge in [0, 0.05) is 17.8 Å². The number of nitrogens with one attached hydrogen (secondary N) is 1. The molecule has 1 heterocycles. The Labute approximate surface area is 148 Å². The van der Waals surface area contributed by atoms with Gasteiger partial charge in [-0.1, -0.05) is 44.2 Å². The molecule has 0 fully saturated rings. The van der Waals surface area contributed by atoms with E-state index in [-0.39, 0.29) is 17.7 Å². The first kappa shape index (κ1) is 17.2. The van der Waals surface area contributed by atoms with Gasteiger partial charge < -0.3 is 10.2 Å². The van der Waals surface area contributed by atoms with E-state index >= 15 is 0 Å². The predicted octanol–water partition coefficient (Wildman–Crippen LogP) is 3.92. The molecule has 0 bridgehead atoms. The molecule has 25 heavy (non-hydrogen) atoms. The number of anilines is 1. The maximum absolute atomic E-state index is 13.0. The van der Waals surface area contributed by atoms with Crippen molar-refractivity contribution in [2.75, 3.05) is 5.32 Å². The van der Waals surface area contributed by atoms with E-state index in [1.165, 1.54) is 0 Å². The molecule has 1 N–H and O–H groups in total. The fraction of sp³-hybridized carbons (Fsp3) is 0.333. The number of rotatable bonds is 4. The Morgan fingerprint density at radius 1 is 1.08 bits per heavy atom. The fourth-order valence-corrected chi connectivity index (χ4v) is 3.40. The topological polar surface area (TPSA) is 49.4 Å². The van der Waals surface area contributed by atoms with Gasteiger partial charge in [-0.2, -0.15) is 0 Å². The summed E-state index contributed by atoms with van der Waals surface area (Å²) in [6.45, 7) is 8.45. The summed E-state index contributed by atoms with van der Waals surface area (Å²) in [4.78, 5) is 27.5. The van der Waals surface area contributed by atoms with Gasteiger partial charge in [0.05, 0.1) is 0 Å². The van der Waals surface area contributed by atoms with Gasteiger partial charge in [-0.25, -0.2) is 0 Å². The molecule has 0 radical (unpaired) electrons. The van der Waals surface area contributed by atoms with Crippen LogP contribution >= 0.6 is 0 Å². The standard InChI is InChI=1S/C21H24N2O2/c1-13(2)19(20(24)22-18-11-7-8-14(3)15(18)4)23-12-16-9-5-6-10-17(16)21(23)25/h5-11,13,19H,12H2,1-4H3,(H,22,24)/t19-/m0/s1. The van der Waals surface area contributed by atoms with Gasteiger partial charge in [0.15, 0.2) is 0 Å². The van der Waals surface area contributed by atoms with E-state index in [2.05, 4.69) is 5.32 Å². The molecule has 0 saturated carbocycles. The van der Waals surface area contributed by atoms with Crippen molar-refractivity contribution in [3.63, 3.8) is 0 Å². The zero-order chi connectivity index (χ0) is 18.1. The number of benzene rings is 2. The van der Waals surface area contributed by atoms with Gasteiger partial charge >= 0.3 is 0 Å². The first-order valence-corrected chi connectivity index (χ1v) is 8.66. The number of hydrogen-bond donors (Lipinski definition) is 1. The molecule has 0 spiro atoms. The molecule has 0 aromatic heterocycles. The summed E-state index contributed by atoms with van der Waals surface area (Å²) < 4.78 is 0. The summed E-state index contributed by atoms with van der Waals surface area (Å²) in [5, 5.41) is 3.02. The molecule has 0 unspecified atom stereocenters. The lowest BCUT2D eigenvalue weighted by molar-refractivity contribution is -0.122. The predicted molar refractivity (Wildman–Crippen MR) is 99.5 cm³/mol. The number of amides is 2. The number of carbonyl (C=O) groups is 2. The molecule has 0 aliphatic carbocycles. The highest BCUT2D eigenvalue weighted by molar-refractivity contribution is 6.03. The highest BCUT2D eigenvalue weighted by Crippen LogP contribution is 2.28. The maximum atomic E-state index is 13.0. The van der Waals surface area contributed by atoms with Gasteiger partial charge in [-0.15, -0.1) is 0 Å². The van der Waals surface area contributed by atoms with Crippen molar-refractivity contribution in [3.05, 3.63) is 64.7 Å². The van der Waals surface area contributed by atoms with Crippen molar-refractivity contribution in [1.82, 2.24) is 4.90 Å². The van der Waals surface area contributed by atoms with Crippen LogP contribution in [-0.4, -0.2) is 22.8 Å². The Bertz CT molecular complexity index is 826. The Kier molecular flexibility index (Phi) is 4.62. The third-order valence-electron chi connectivity index (χ3n) is 4.95. The quantitative estimate of drug-likeness (QED) is 0.920. The highest BCUT2D eigenvalue weighted by Gasteiger charge is 2.37. The first-order chi connectivity index (χ1) is 11.9. The van der Waals surface area contributed by atoms with Crippen LogP contribution in [0.4, 0.5) is 5.69 Å². The summed E-state index contributed by atoms with van der Waals surface area (Å²) in [6.07, 6.45) is 0. The summed E-state index contributed by atoms with van der Waals surface area (Å²) in [6, 6.07) is 12.9. The summed E-state index contributed by atoms with van der Waals surface area (Å²) in [5.41, 5.74) is 4.67. The van der Waals surface area contributed by atoms with Crippen LogP contribution in [0.15, 0.2) is 42.5 Å². The molecule has 1 aliphatic heterocycles. The molecular weight excluding hydrogens is 312 g/mol. The molecule has 4 nitrogen and oxygen atoms in total. The van der Waals surface area contributed by atoms with Crippen LogP contribution in [0.1, 0.15) is 40.9 Å². The van der Waals surface area contributed by atoms with E-state index < -0.39 is 6.04 Å². The van der Waals surface area contributed by atoms with Gasteiger partial charge in [0.2, 0.25) is 5.91 Å². The molecule has 2 aromatic carbocycles. The molecular formula is C21H24N2O2.